The number of hydrogen-bond acceptors (Lipinski definition) is 4. The molecule has 0 saturated carbocycles. The van der Waals surface area contributed by atoms with Crippen molar-refractivity contribution in [2.24, 2.45) is 0 Å². The van der Waals surface area contributed by atoms with Crippen LogP contribution in [0.3, 0.4) is 0 Å². The minimum absolute atomic E-state index is 0.0125. The maximum Gasteiger partial charge on any atom is 0.225 e. The molecule has 0 unspecified atom stereocenters. The Balaban J connectivity index is 1.92. The van der Waals surface area contributed by atoms with E-state index in [1.165, 1.54) is 5.56 Å². The van der Waals surface area contributed by atoms with E-state index >= 15 is 0 Å². The summed E-state index contributed by atoms with van der Waals surface area (Å²) < 4.78 is 0. The van der Waals surface area contributed by atoms with Gasteiger partial charge in [-0.15, -0.1) is 10.2 Å². The van der Waals surface area contributed by atoms with Crippen LogP contribution in [0.15, 0.2) is 42.5 Å². The van der Waals surface area contributed by atoms with Crippen LogP contribution in [0.25, 0.3) is 0 Å². The highest BCUT2D eigenvalue weighted by atomic mass is 16.1. The minimum atomic E-state index is -0.0125. The van der Waals surface area contributed by atoms with Crippen LogP contribution in [-0.4, -0.2) is 23.2 Å². The number of aromatic nitrogens is 2. The number of amides is 1. The van der Waals surface area contributed by atoms with Crippen LogP contribution >= 0.6 is 0 Å². The van der Waals surface area contributed by atoms with Crippen molar-refractivity contribution in [1.82, 2.24) is 10.2 Å². The molecule has 0 aliphatic heterocycles. The van der Waals surface area contributed by atoms with Crippen molar-refractivity contribution < 1.29 is 4.79 Å². The summed E-state index contributed by atoms with van der Waals surface area (Å²) in [4.78, 5) is 13.7. The number of anilines is 2. The van der Waals surface area contributed by atoms with Gasteiger partial charge in [-0.1, -0.05) is 43.7 Å². The molecule has 0 atom stereocenters. The Morgan fingerprint density at radius 3 is 2.55 bits per heavy atom. The van der Waals surface area contributed by atoms with E-state index in [1.807, 2.05) is 36.2 Å². The zero-order valence-electron chi connectivity index (χ0n) is 13.1. The van der Waals surface area contributed by atoms with Crippen molar-refractivity contribution in [3.8, 4) is 0 Å². The third kappa shape index (κ3) is 4.84. The predicted octanol–water partition coefficient (Wildman–Crippen LogP) is 3.24. The first kappa shape index (κ1) is 15.9. The molecular formula is C17H22N4O. The molecule has 2 rings (SSSR count). The van der Waals surface area contributed by atoms with Crippen LogP contribution in [0, 0.1) is 0 Å². The summed E-state index contributed by atoms with van der Waals surface area (Å²) in [5, 5.41) is 11.0. The molecule has 0 spiro atoms. The second-order valence-corrected chi connectivity index (χ2v) is 5.27. The summed E-state index contributed by atoms with van der Waals surface area (Å²) >= 11 is 0. The second kappa shape index (κ2) is 8.12. The smallest absolute Gasteiger partial charge is 0.225 e. The maximum absolute atomic E-state index is 11.6. The van der Waals surface area contributed by atoms with Gasteiger partial charge in [-0.2, -0.15) is 0 Å². The van der Waals surface area contributed by atoms with E-state index < -0.39 is 0 Å². The standard InChI is InChI=1S/C17H22N4O/c1-3-4-10-17(22)18-15-11-12-16(20-19-15)21(2)13-14-8-6-5-7-9-14/h5-9,11-12H,3-4,10,13H2,1-2H3,(H,18,19,22). The normalized spacial score (nSPS) is 10.3. The Morgan fingerprint density at radius 2 is 1.91 bits per heavy atom. The van der Waals surface area contributed by atoms with Crippen molar-refractivity contribution in [3.63, 3.8) is 0 Å². The molecule has 0 bridgehead atoms. The molecule has 1 aromatic carbocycles. The van der Waals surface area contributed by atoms with E-state index in [4.69, 9.17) is 0 Å². The van der Waals surface area contributed by atoms with E-state index in [0.717, 1.165) is 25.2 Å². The fourth-order valence-corrected chi connectivity index (χ4v) is 2.08. The van der Waals surface area contributed by atoms with Crippen molar-refractivity contribution in [3.05, 3.63) is 48.0 Å². The van der Waals surface area contributed by atoms with Crippen LogP contribution in [0.4, 0.5) is 11.6 Å². The lowest BCUT2D eigenvalue weighted by molar-refractivity contribution is -0.116. The molecule has 1 aromatic heterocycles. The van der Waals surface area contributed by atoms with Crippen LogP contribution < -0.4 is 10.2 Å². The summed E-state index contributed by atoms with van der Waals surface area (Å²) in [6.45, 7) is 2.82. The SMILES string of the molecule is CCCCC(=O)Nc1ccc(N(C)Cc2ccccc2)nn1. The van der Waals surface area contributed by atoms with Crippen molar-refractivity contribution >= 4 is 17.5 Å². The summed E-state index contributed by atoms with van der Waals surface area (Å²) in [7, 11) is 1.97. The first-order chi connectivity index (χ1) is 10.7. The van der Waals surface area contributed by atoms with Gasteiger partial charge >= 0.3 is 0 Å². The molecule has 0 fully saturated rings. The number of benzene rings is 1. The predicted molar refractivity (Wildman–Crippen MR) is 88.7 cm³/mol. The number of hydrogen-bond donors (Lipinski definition) is 1. The van der Waals surface area contributed by atoms with Gasteiger partial charge in [0.1, 0.15) is 0 Å². The molecule has 1 amide bonds. The van der Waals surface area contributed by atoms with Gasteiger partial charge in [0.25, 0.3) is 0 Å². The number of carbonyl (C=O) groups excluding carboxylic acids is 1. The highest BCUT2D eigenvalue weighted by Gasteiger charge is 2.06. The summed E-state index contributed by atoms with van der Waals surface area (Å²) in [5.74, 6) is 1.26. The fourth-order valence-electron chi connectivity index (χ4n) is 2.08. The third-order valence-electron chi connectivity index (χ3n) is 3.33. The molecule has 1 N–H and O–H groups in total. The average molecular weight is 298 g/mol. The maximum atomic E-state index is 11.6. The lowest BCUT2D eigenvalue weighted by atomic mass is 10.2. The van der Waals surface area contributed by atoms with Crippen molar-refractivity contribution in [2.45, 2.75) is 32.7 Å². The highest BCUT2D eigenvalue weighted by Crippen LogP contribution is 2.13. The molecule has 5 nitrogen and oxygen atoms in total. The highest BCUT2D eigenvalue weighted by molar-refractivity contribution is 5.89. The molecule has 0 saturated heterocycles. The second-order valence-electron chi connectivity index (χ2n) is 5.27. The van der Waals surface area contributed by atoms with Crippen LogP contribution in [0.1, 0.15) is 31.7 Å². The molecule has 5 heteroatoms. The van der Waals surface area contributed by atoms with Gasteiger partial charge in [0.15, 0.2) is 11.6 Å². The lowest BCUT2D eigenvalue weighted by Crippen LogP contribution is -2.19. The Labute approximate surface area is 131 Å². The molecule has 22 heavy (non-hydrogen) atoms. The molecule has 2 aromatic rings. The van der Waals surface area contributed by atoms with Crippen LogP contribution in [-0.2, 0) is 11.3 Å². The van der Waals surface area contributed by atoms with E-state index in [0.29, 0.717) is 12.2 Å². The number of carbonyl (C=O) groups is 1. The molecular weight excluding hydrogens is 276 g/mol. The van der Waals surface area contributed by atoms with E-state index in [2.05, 4.69) is 34.6 Å². The van der Waals surface area contributed by atoms with Gasteiger partial charge in [-0.25, -0.2) is 0 Å². The Hall–Kier alpha value is -2.43. The fraction of sp³-hybridized carbons (Fsp3) is 0.353. The molecule has 0 aliphatic rings. The zero-order valence-corrected chi connectivity index (χ0v) is 13.1. The summed E-state index contributed by atoms with van der Waals surface area (Å²) in [6, 6.07) is 13.8. The zero-order chi connectivity index (χ0) is 15.8. The molecule has 1 heterocycles. The molecule has 0 aliphatic carbocycles. The Bertz CT molecular complexity index is 583. The number of nitrogens with one attached hydrogen (secondary N) is 1. The number of rotatable bonds is 7. The van der Waals surface area contributed by atoms with Crippen LogP contribution in [0.5, 0.6) is 0 Å². The van der Waals surface area contributed by atoms with Gasteiger partial charge in [0.2, 0.25) is 5.91 Å². The topological polar surface area (TPSA) is 58.1 Å². The van der Waals surface area contributed by atoms with Crippen molar-refractivity contribution in [1.29, 1.82) is 0 Å². The lowest BCUT2D eigenvalue weighted by Gasteiger charge is -2.17. The number of unbranched alkanes of at least 4 members (excludes halogenated alkanes) is 1. The monoisotopic (exact) mass is 298 g/mol. The first-order valence-corrected chi connectivity index (χ1v) is 7.57. The third-order valence-corrected chi connectivity index (χ3v) is 3.33. The van der Waals surface area contributed by atoms with Gasteiger partial charge in [-0.3, -0.25) is 4.79 Å². The quantitative estimate of drug-likeness (QED) is 0.852. The molecule has 0 radical (unpaired) electrons. The van der Waals surface area contributed by atoms with Gasteiger partial charge in [0, 0.05) is 20.0 Å². The minimum Gasteiger partial charge on any atom is -0.354 e. The summed E-state index contributed by atoms with van der Waals surface area (Å²) in [6.07, 6.45) is 2.41. The molecule has 116 valence electrons. The largest absolute Gasteiger partial charge is 0.354 e. The van der Waals surface area contributed by atoms with E-state index in [1.54, 1.807) is 6.07 Å². The number of nitrogens with zero attached hydrogens (tertiary/aromatic N) is 3. The first-order valence-electron chi connectivity index (χ1n) is 7.57. The van der Waals surface area contributed by atoms with Crippen molar-refractivity contribution in [2.75, 3.05) is 17.3 Å². The Kier molecular flexibility index (Phi) is 5.89. The average Bonchev–Trinajstić information content (AvgIpc) is 2.54. The summed E-state index contributed by atoms with van der Waals surface area (Å²) in [5.41, 5.74) is 1.21. The van der Waals surface area contributed by atoms with Crippen LogP contribution in [0.2, 0.25) is 0 Å². The van der Waals surface area contributed by atoms with Gasteiger partial charge in [0.05, 0.1) is 0 Å². The van der Waals surface area contributed by atoms with Gasteiger partial charge < -0.3 is 10.2 Å². The van der Waals surface area contributed by atoms with E-state index in [9.17, 15) is 4.79 Å². The van der Waals surface area contributed by atoms with E-state index in [-0.39, 0.29) is 5.91 Å². The van der Waals surface area contributed by atoms with Gasteiger partial charge in [-0.05, 0) is 24.1 Å². The Morgan fingerprint density at radius 1 is 1.14 bits per heavy atom.